The van der Waals surface area contributed by atoms with Gasteiger partial charge < -0.3 is 5.73 Å². The van der Waals surface area contributed by atoms with Crippen molar-refractivity contribution in [1.29, 1.82) is 0 Å². The molecule has 1 rings (SSSR count). The summed E-state index contributed by atoms with van der Waals surface area (Å²) >= 11 is 5.52. The van der Waals surface area contributed by atoms with Crippen molar-refractivity contribution in [3.8, 4) is 0 Å². The number of hydrogen-bond acceptors (Lipinski definition) is 1. The Morgan fingerprint density at radius 3 is 2.21 bits per heavy atom. The predicted molar refractivity (Wildman–Crippen MR) is 70.0 cm³/mol. The average Bonchev–Trinajstić information content (AvgIpc) is 2.18. The van der Waals surface area contributed by atoms with Crippen LogP contribution >= 0.6 is 24.0 Å². The maximum atomic E-state index is 13.8. The molecule has 0 radical (unpaired) electrons. The van der Waals surface area contributed by atoms with Gasteiger partial charge in [0.25, 0.3) is 0 Å². The fraction of sp³-hybridized carbons (Fsp3) is 0.500. The lowest BCUT2D eigenvalue weighted by atomic mass is 9.93. The molecule has 2 N–H and O–H groups in total. The van der Waals surface area contributed by atoms with E-state index in [4.69, 9.17) is 17.3 Å². The SMILES string of the molecule is CC(C)C[C@H](N)c1c(C(F)(F)F)ccc(Cl)c1F.Cl. The number of alkyl halides is 3. The van der Waals surface area contributed by atoms with Gasteiger partial charge in [-0.25, -0.2) is 4.39 Å². The van der Waals surface area contributed by atoms with E-state index in [-0.39, 0.29) is 29.8 Å². The number of nitrogens with two attached hydrogens (primary N) is 1. The molecule has 0 bridgehead atoms. The van der Waals surface area contributed by atoms with Crippen LogP contribution in [0.25, 0.3) is 0 Å². The van der Waals surface area contributed by atoms with Gasteiger partial charge in [-0.2, -0.15) is 13.2 Å². The van der Waals surface area contributed by atoms with Crippen molar-refractivity contribution in [2.75, 3.05) is 0 Å². The second kappa shape index (κ2) is 6.77. The topological polar surface area (TPSA) is 26.0 Å². The Morgan fingerprint density at radius 1 is 1.26 bits per heavy atom. The van der Waals surface area contributed by atoms with Crippen molar-refractivity contribution in [1.82, 2.24) is 0 Å². The minimum absolute atomic E-state index is 0. The van der Waals surface area contributed by atoms with Crippen LogP contribution in [-0.4, -0.2) is 0 Å². The largest absolute Gasteiger partial charge is 0.416 e. The third-order valence-corrected chi connectivity index (χ3v) is 2.83. The van der Waals surface area contributed by atoms with Crippen LogP contribution in [0.5, 0.6) is 0 Å². The second-order valence-electron chi connectivity index (χ2n) is 4.56. The Morgan fingerprint density at radius 2 is 1.79 bits per heavy atom. The van der Waals surface area contributed by atoms with Crippen molar-refractivity contribution in [2.45, 2.75) is 32.5 Å². The van der Waals surface area contributed by atoms with Crippen LogP contribution in [0.3, 0.4) is 0 Å². The second-order valence-corrected chi connectivity index (χ2v) is 4.96. The van der Waals surface area contributed by atoms with E-state index in [1.807, 2.05) is 0 Å². The Balaban J connectivity index is 0.00000324. The van der Waals surface area contributed by atoms with Gasteiger partial charge in [0.05, 0.1) is 10.6 Å². The molecule has 7 heteroatoms. The number of hydrogen-bond donors (Lipinski definition) is 1. The molecule has 19 heavy (non-hydrogen) atoms. The number of benzene rings is 1. The van der Waals surface area contributed by atoms with E-state index in [9.17, 15) is 17.6 Å². The third-order valence-electron chi connectivity index (χ3n) is 2.53. The van der Waals surface area contributed by atoms with Crippen molar-refractivity contribution in [3.63, 3.8) is 0 Å². The first-order valence-electron chi connectivity index (χ1n) is 5.45. The van der Waals surface area contributed by atoms with Crippen molar-refractivity contribution in [2.24, 2.45) is 11.7 Å². The third kappa shape index (κ3) is 4.51. The lowest BCUT2D eigenvalue weighted by molar-refractivity contribution is -0.138. The summed E-state index contributed by atoms with van der Waals surface area (Å²) in [5, 5.41) is -0.350. The van der Waals surface area contributed by atoms with E-state index in [1.165, 1.54) is 0 Å². The Labute approximate surface area is 120 Å². The molecule has 0 aromatic heterocycles. The van der Waals surface area contributed by atoms with E-state index in [2.05, 4.69) is 0 Å². The minimum Gasteiger partial charge on any atom is -0.324 e. The van der Waals surface area contributed by atoms with E-state index in [0.717, 1.165) is 12.1 Å². The molecule has 110 valence electrons. The highest BCUT2D eigenvalue weighted by Crippen LogP contribution is 2.38. The number of rotatable bonds is 3. The molecule has 0 saturated heterocycles. The zero-order valence-corrected chi connectivity index (χ0v) is 12.0. The van der Waals surface area contributed by atoms with Crippen LogP contribution in [0.4, 0.5) is 17.6 Å². The van der Waals surface area contributed by atoms with Crippen LogP contribution < -0.4 is 5.73 Å². The maximum Gasteiger partial charge on any atom is 0.416 e. The van der Waals surface area contributed by atoms with Crippen LogP contribution in [0, 0.1) is 11.7 Å². The lowest BCUT2D eigenvalue weighted by Gasteiger charge is -2.21. The smallest absolute Gasteiger partial charge is 0.324 e. The van der Waals surface area contributed by atoms with Gasteiger partial charge in [-0.05, 0) is 24.5 Å². The Kier molecular flexibility index (Phi) is 6.59. The first kappa shape index (κ1) is 18.5. The number of halogens is 6. The summed E-state index contributed by atoms with van der Waals surface area (Å²) < 4.78 is 52.2. The molecule has 0 spiro atoms. The molecule has 0 unspecified atom stereocenters. The molecule has 0 saturated carbocycles. The fourth-order valence-electron chi connectivity index (χ4n) is 1.80. The van der Waals surface area contributed by atoms with Crippen LogP contribution in [0.1, 0.15) is 37.4 Å². The monoisotopic (exact) mass is 319 g/mol. The van der Waals surface area contributed by atoms with Crippen LogP contribution in [0.2, 0.25) is 5.02 Å². The zero-order valence-electron chi connectivity index (χ0n) is 10.4. The molecule has 0 heterocycles. The van der Waals surface area contributed by atoms with Gasteiger partial charge in [-0.3, -0.25) is 0 Å². The Hall–Kier alpha value is -0.520. The molecule has 1 aromatic rings. The highest BCUT2D eigenvalue weighted by atomic mass is 35.5. The molecule has 0 fully saturated rings. The molecule has 1 atom stereocenters. The molecule has 1 aromatic carbocycles. The Bertz CT molecular complexity index is 432. The first-order chi connectivity index (χ1) is 8.14. The predicted octanol–water partition coefficient (Wildman–Crippen LogP) is 4.97. The first-order valence-corrected chi connectivity index (χ1v) is 5.83. The molecular formula is C12H15Cl2F4N. The molecule has 0 aliphatic rings. The van der Waals surface area contributed by atoms with Gasteiger partial charge in [-0.15, -0.1) is 12.4 Å². The standard InChI is InChI=1S/C12H14ClF4N.ClH/c1-6(2)5-9(18)10-7(12(15,16)17)3-4-8(13)11(10)14;/h3-4,6,9H,5,18H2,1-2H3;1H/t9-;/m0./s1. The molecule has 0 aliphatic carbocycles. The molecule has 0 aliphatic heterocycles. The van der Waals surface area contributed by atoms with Gasteiger partial charge in [0.1, 0.15) is 5.82 Å². The summed E-state index contributed by atoms with van der Waals surface area (Å²) in [6.07, 6.45) is -4.39. The van der Waals surface area contributed by atoms with Gasteiger partial charge in [0, 0.05) is 11.6 Å². The minimum atomic E-state index is -4.64. The summed E-state index contributed by atoms with van der Waals surface area (Å²) in [6.45, 7) is 3.60. The van der Waals surface area contributed by atoms with E-state index >= 15 is 0 Å². The summed E-state index contributed by atoms with van der Waals surface area (Å²) in [7, 11) is 0. The van der Waals surface area contributed by atoms with Gasteiger partial charge >= 0.3 is 6.18 Å². The molecule has 0 amide bonds. The summed E-state index contributed by atoms with van der Waals surface area (Å²) in [6, 6.07) is 0.631. The summed E-state index contributed by atoms with van der Waals surface area (Å²) in [5.41, 5.74) is 4.05. The summed E-state index contributed by atoms with van der Waals surface area (Å²) in [4.78, 5) is 0. The fourth-order valence-corrected chi connectivity index (χ4v) is 1.97. The lowest BCUT2D eigenvalue weighted by Crippen LogP contribution is -2.21. The van der Waals surface area contributed by atoms with E-state index < -0.39 is 29.2 Å². The van der Waals surface area contributed by atoms with Crippen molar-refractivity contribution in [3.05, 3.63) is 34.1 Å². The quantitative estimate of drug-likeness (QED) is 0.782. The van der Waals surface area contributed by atoms with Gasteiger partial charge in [0.15, 0.2) is 0 Å². The van der Waals surface area contributed by atoms with Crippen molar-refractivity contribution >= 4 is 24.0 Å². The van der Waals surface area contributed by atoms with Crippen molar-refractivity contribution < 1.29 is 17.6 Å². The van der Waals surface area contributed by atoms with Crippen LogP contribution in [0.15, 0.2) is 12.1 Å². The normalized spacial score (nSPS) is 13.3. The highest BCUT2D eigenvalue weighted by molar-refractivity contribution is 6.30. The van der Waals surface area contributed by atoms with Crippen LogP contribution in [-0.2, 0) is 6.18 Å². The highest BCUT2D eigenvalue weighted by Gasteiger charge is 2.36. The summed E-state index contributed by atoms with van der Waals surface area (Å²) in [5.74, 6) is -1.03. The maximum absolute atomic E-state index is 13.8. The van der Waals surface area contributed by atoms with Gasteiger partial charge in [0.2, 0.25) is 0 Å². The van der Waals surface area contributed by atoms with E-state index in [1.54, 1.807) is 13.8 Å². The van der Waals surface area contributed by atoms with E-state index in [0.29, 0.717) is 0 Å². The molecule has 1 nitrogen and oxygen atoms in total. The van der Waals surface area contributed by atoms with Gasteiger partial charge in [-0.1, -0.05) is 25.4 Å². The average molecular weight is 320 g/mol. The molecular weight excluding hydrogens is 305 g/mol. The zero-order chi connectivity index (χ0) is 14.1.